The van der Waals surface area contributed by atoms with E-state index in [4.69, 9.17) is 0 Å². The zero-order chi connectivity index (χ0) is 14.8. The molecule has 1 aromatic carbocycles. The van der Waals surface area contributed by atoms with E-state index in [9.17, 15) is 14.7 Å². The number of fused-ring (bicyclic) bond motifs is 1. The second kappa shape index (κ2) is 5.44. The molecule has 2 amide bonds. The van der Waals surface area contributed by atoms with Gasteiger partial charge in [0, 0.05) is 24.6 Å². The minimum Gasteiger partial charge on any atom is -0.478 e. The number of carbonyl (C=O) groups is 2. The van der Waals surface area contributed by atoms with E-state index >= 15 is 0 Å². The maximum Gasteiger partial charge on any atom is 0.335 e. The number of urea groups is 1. The fraction of sp³-hybridized carbons (Fsp3) is 0.250. The Labute approximate surface area is 123 Å². The third-order valence-corrected chi connectivity index (χ3v) is 3.81. The molecule has 2 heterocycles. The molecule has 21 heavy (non-hydrogen) atoms. The van der Waals surface area contributed by atoms with Gasteiger partial charge in [0.2, 0.25) is 5.13 Å². The number of aromatic nitrogens is 3. The topological polar surface area (TPSA) is 108 Å². The van der Waals surface area contributed by atoms with Crippen molar-refractivity contribution in [3.05, 3.63) is 34.9 Å². The summed E-state index contributed by atoms with van der Waals surface area (Å²) in [6, 6.07) is 4.83. The molecule has 8 nitrogen and oxygen atoms in total. The number of rotatable bonds is 2. The fourth-order valence-electron chi connectivity index (χ4n) is 2.34. The number of carboxylic acid groups (broad SMARTS) is 1. The van der Waals surface area contributed by atoms with Crippen LogP contribution in [-0.2, 0) is 13.0 Å². The molecular formula is C12H11N5O3S. The van der Waals surface area contributed by atoms with Crippen LogP contribution in [0.2, 0.25) is 0 Å². The van der Waals surface area contributed by atoms with Gasteiger partial charge in [0.15, 0.2) is 0 Å². The first-order valence-electron chi connectivity index (χ1n) is 6.20. The number of anilines is 1. The van der Waals surface area contributed by atoms with Crippen molar-refractivity contribution >= 4 is 28.7 Å². The predicted octanol–water partition coefficient (Wildman–Crippen LogP) is 1.22. The van der Waals surface area contributed by atoms with Gasteiger partial charge >= 0.3 is 12.0 Å². The van der Waals surface area contributed by atoms with E-state index in [1.165, 1.54) is 0 Å². The van der Waals surface area contributed by atoms with Gasteiger partial charge in [-0.15, -0.1) is 0 Å². The summed E-state index contributed by atoms with van der Waals surface area (Å²) in [5, 5.41) is 19.2. The number of nitrogens with one attached hydrogen (secondary N) is 1. The summed E-state index contributed by atoms with van der Waals surface area (Å²) in [7, 11) is 0. The van der Waals surface area contributed by atoms with E-state index < -0.39 is 5.97 Å². The van der Waals surface area contributed by atoms with E-state index in [1.54, 1.807) is 17.0 Å². The van der Waals surface area contributed by atoms with Gasteiger partial charge in [0.05, 0.1) is 5.56 Å². The van der Waals surface area contributed by atoms with Crippen LogP contribution in [0.15, 0.2) is 18.2 Å². The van der Waals surface area contributed by atoms with Crippen LogP contribution < -0.4 is 5.32 Å². The third kappa shape index (κ3) is 2.68. The van der Waals surface area contributed by atoms with Crippen LogP contribution in [0.5, 0.6) is 0 Å². The van der Waals surface area contributed by atoms with Crippen molar-refractivity contribution in [3.63, 3.8) is 0 Å². The summed E-state index contributed by atoms with van der Waals surface area (Å²) in [4.78, 5) is 24.9. The van der Waals surface area contributed by atoms with Crippen molar-refractivity contribution in [2.75, 3.05) is 11.9 Å². The van der Waals surface area contributed by atoms with E-state index in [2.05, 4.69) is 20.1 Å². The Morgan fingerprint density at radius 2 is 2.24 bits per heavy atom. The highest BCUT2D eigenvalue weighted by Crippen LogP contribution is 2.23. The lowest BCUT2D eigenvalue weighted by Crippen LogP contribution is -2.39. The number of amides is 2. The van der Waals surface area contributed by atoms with Crippen molar-refractivity contribution in [1.29, 1.82) is 0 Å². The molecule has 108 valence electrons. The van der Waals surface area contributed by atoms with Gasteiger partial charge in [-0.05, 0) is 28.8 Å². The average molecular weight is 305 g/mol. The van der Waals surface area contributed by atoms with Crippen molar-refractivity contribution < 1.29 is 14.7 Å². The molecule has 0 saturated carbocycles. The second-order valence-corrected chi connectivity index (χ2v) is 5.25. The van der Waals surface area contributed by atoms with Gasteiger partial charge in [-0.2, -0.15) is 0 Å². The molecule has 2 aromatic rings. The summed E-state index contributed by atoms with van der Waals surface area (Å²) in [5.41, 5.74) is 1.96. The number of hydrogen-bond donors (Lipinski definition) is 2. The average Bonchev–Trinajstić information content (AvgIpc) is 2.98. The quantitative estimate of drug-likeness (QED) is 0.863. The van der Waals surface area contributed by atoms with Crippen molar-refractivity contribution in [2.45, 2.75) is 13.0 Å². The highest BCUT2D eigenvalue weighted by molar-refractivity contribution is 7.09. The van der Waals surface area contributed by atoms with E-state index in [1.807, 2.05) is 6.07 Å². The summed E-state index contributed by atoms with van der Waals surface area (Å²) in [6.45, 7) is 0.823. The Hall–Kier alpha value is -2.55. The normalized spacial score (nSPS) is 13.6. The van der Waals surface area contributed by atoms with Gasteiger partial charge in [0.25, 0.3) is 0 Å². The maximum absolute atomic E-state index is 12.1. The van der Waals surface area contributed by atoms with Crippen LogP contribution in [0.3, 0.4) is 0 Å². The molecule has 0 fully saturated rings. The van der Waals surface area contributed by atoms with Gasteiger partial charge in [0.1, 0.15) is 0 Å². The Morgan fingerprint density at radius 1 is 1.38 bits per heavy atom. The molecule has 0 atom stereocenters. The number of hydrogen-bond acceptors (Lipinski definition) is 6. The molecule has 1 aliphatic heterocycles. The molecule has 0 saturated heterocycles. The van der Waals surface area contributed by atoms with Crippen molar-refractivity contribution in [1.82, 2.24) is 19.7 Å². The molecule has 1 aromatic heterocycles. The number of nitrogens with zero attached hydrogens (tertiary/aromatic N) is 4. The van der Waals surface area contributed by atoms with Crippen LogP contribution >= 0.6 is 11.5 Å². The number of carboxylic acids is 1. The van der Waals surface area contributed by atoms with Crippen molar-refractivity contribution in [3.8, 4) is 0 Å². The lowest BCUT2D eigenvalue weighted by atomic mass is 9.95. The monoisotopic (exact) mass is 305 g/mol. The molecule has 0 spiro atoms. The summed E-state index contributed by atoms with van der Waals surface area (Å²) in [6.07, 6.45) is 0.513. The molecule has 3 rings (SSSR count). The fourth-order valence-corrected chi connectivity index (χ4v) is 2.69. The first kappa shape index (κ1) is 13.4. The van der Waals surface area contributed by atoms with E-state index in [0.717, 1.165) is 22.7 Å². The largest absolute Gasteiger partial charge is 0.478 e. The number of aromatic carboxylic acids is 1. The van der Waals surface area contributed by atoms with Crippen molar-refractivity contribution in [2.24, 2.45) is 0 Å². The highest BCUT2D eigenvalue weighted by atomic mass is 32.1. The Morgan fingerprint density at radius 3 is 2.95 bits per heavy atom. The van der Waals surface area contributed by atoms with Crippen LogP contribution in [0.1, 0.15) is 21.5 Å². The molecule has 9 heteroatoms. The molecule has 0 radical (unpaired) electrons. The minimum absolute atomic E-state index is 0.292. The second-order valence-electron chi connectivity index (χ2n) is 4.52. The maximum atomic E-state index is 12.1. The standard InChI is InChI=1S/C12H11N5O3S/c18-10(19)9-3-1-2-7-6-17(5-4-8(7)9)12(20)13-11-14-15-16-21-11/h1-3H,4-6H2,(H,18,19)(H,13,14,16,20). The van der Waals surface area contributed by atoms with Crippen LogP contribution in [0.4, 0.5) is 9.93 Å². The zero-order valence-electron chi connectivity index (χ0n) is 10.8. The van der Waals surface area contributed by atoms with E-state index in [-0.39, 0.29) is 6.03 Å². The minimum atomic E-state index is -0.940. The number of carbonyl (C=O) groups excluding carboxylic acids is 1. The Kier molecular flexibility index (Phi) is 3.48. The third-order valence-electron chi connectivity index (χ3n) is 3.30. The van der Waals surface area contributed by atoms with Gasteiger partial charge in [-0.25, -0.2) is 9.59 Å². The van der Waals surface area contributed by atoms with Crippen LogP contribution in [-0.4, -0.2) is 43.4 Å². The Balaban J connectivity index is 1.77. The summed E-state index contributed by atoms with van der Waals surface area (Å²) in [5.74, 6) is -0.940. The molecule has 0 bridgehead atoms. The Bertz CT molecular complexity index is 688. The summed E-state index contributed by atoms with van der Waals surface area (Å²) < 4.78 is 3.57. The smallest absolute Gasteiger partial charge is 0.335 e. The molecule has 2 N–H and O–H groups in total. The van der Waals surface area contributed by atoms with Gasteiger partial charge < -0.3 is 10.0 Å². The first-order valence-corrected chi connectivity index (χ1v) is 6.97. The van der Waals surface area contributed by atoms with Gasteiger partial charge in [-0.1, -0.05) is 21.7 Å². The lowest BCUT2D eigenvalue weighted by molar-refractivity contribution is 0.0695. The zero-order valence-corrected chi connectivity index (χ0v) is 11.6. The van der Waals surface area contributed by atoms with E-state index in [0.29, 0.717) is 30.2 Å². The summed E-state index contributed by atoms with van der Waals surface area (Å²) >= 11 is 0.999. The SMILES string of the molecule is O=C(O)c1cccc2c1CCN(C(=O)Nc1nnns1)C2. The first-order chi connectivity index (χ1) is 10.1. The van der Waals surface area contributed by atoms with Gasteiger partial charge in [-0.3, -0.25) is 5.32 Å². The lowest BCUT2D eigenvalue weighted by Gasteiger charge is -2.29. The van der Waals surface area contributed by atoms with Crippen LogP contribution in [0, 0.1) is 0 Å². The molecule has 0 aliphatic carbocycles. The molecular weight excluding hydrogens is 294 g/mol. The predicted molar refractivity (Wildman–Crippen MR) is 74.2 cm³/mol. The number of benzene rings is 1. The van der Waals surface area contributed by atoms with Crippen LogP contribution in [0.25, 0.3) is 0 Å². The highest BCUT2D eigenvalue weighted by Gasteiger charge is 2.24. The molecule has 1 aliphatic rings. The molecule has 0 unspecified atom stereocenters.